The number of carbonyl (C=O) groups excluding carboxylic acids is 2. The summed E-state index contributed by atoms with van der Waals surface area (Å²) in [7, 11) is 0. The number of amides is 2. The fourth-order valence-electron chi connectivity index (χ4n) is 3.16. The number of imidazole rings is 1. The van der Waals surface area contributed by atoms with Gasteiger partial charge in [0.05, 0.1) is 11.0 Å². The smallest absolute Gasteiger partial charge is 0.244 e. The van der Waals surface area contributed by atoms with Crippen molar-refractivity contribution in [1.29, 1.82) is 0 Å². The number of rotatable bonds is 8. The van der Waals surface area contributed by atoms with Crippen molar-refractivity contribution in [2.75, 3.05) is 11.9 Å². The molecule has 0 unspecified atom stereocenters. The molecule has 2 aromatic carbocycles. The van der Waals surface area contributed by atoms with Gasteiger partial charge < -0.3 is 15.2 Å². The minimum absolute atomic E-state index is 0.0473. The number of hydrogen-bond acceptors (Lipinski definition) is 3. The number of aromatic nitrogens is 2. The molecule has 0 aliphatic rings. The summed E-state index contributed by atoms with van der Waals surface area (Å²) in [6.07, 6.45) is 1.95. The molecule has 1 heterocycles. The average molecular weight is 378 g/mol. The summed E-state index contributed by atoms with van der Waals surface area (Å²) >= 11 is 0. The molecule has 3 aromatic rings. The Kier molecular flexibility index (Phi) is 6.42. The number of nitrogens with zero attached hydrogens (tertiary/aromatic N) is 2. The van der Waals surface area contributed by atoms with Crippen molar-refractivity contribution >= 4 is 28.5 Å². The molecule has 0 atom stereocenters. The summed E-state index contributed by atoms with van der Waals surface area (Å²) in [6.45, 7) is 4.63. The lowest BCUT2D eigenvalue weighted by molar-refractivity contribution is -0.120. The SMILES string of the molecule is CCC(=O)NCCCc1nc2ccccc2n1CC(=O)Nc1cccc(C)c1. The quantitative estimate of drug-likeness (QED) is 0.590. The third kappa shape index (κ3) is 4.97. The van der Waals surface area contributed by atoms with Gasteiger partial charge in [-0.1, -0.05) is 31.2 Å². The van der Waals surface area contributed by atoms with Crippen LogP contribution in [0.1, 0.15) is 31.2 Å². The number of carbonyl (C=O) groups is 2. The maximum Gasteiger partial charge on any atom is 0.244 e. The molecule has 0 aliphatic carbocycles. The van der Waals surface area contributed by atoms with E-state index in [0.717, 1.165) is 34.5 Å². The predicted octanol–water partition coefficient (Wildman–Crippen LogP) is 3.44. The first kappa shape index (κ1) is 19.6. The lowest BCUT2D eigenvalue weighted by Crippen LogP contribution is -2.24. The lowest BCUT2D eigenvalue weighted by atomic mass is 10.2. The maximum absolute atomic E-state index is 12.6. The highest BCUT2D eigenvalue weighted by atomic mass is 16.2. The molecule has 3 rings (SSSR count). The van der Waals surface area contributed by atoms with Crippen molar-refractivity contribution in [2.45, 2.75) is 39.7 Å². The Hall–Kier alpha value is -3.15. The first-order valence-corrected chi connectivity index (χ1v) is 9.64. The van der Waals surface area contributed by atoms with Gasteiger partial charge in [-0.15, -0.1) is 0 Å². The molecule has 28 heavy (non-hydrogen) atoms. The minimum atomic E-state index is -0.0886. The topological polar surface area (TPSA) is 76.0 Å². The number of aryl methyl sites for hydroxylation is 2. The highest BCUT2D eigenvalue weighted by molar-refractivity contribution is 5.91. The number of anilines is 1. The van der Waals surface area contributed by atoms with Crippen LogP contribution in [0.5, 0.6) is 0 Å². The van der Waals surface area contributed by atoms with Crippen molar-refractivity contribution in [3.05, 3.63) is 59.9 Å². The van der Waals surface area contributed by atoms with Crippen molar-refractivity contribution in [1.82, 2.24) is 14.9 Å². The molecule has 2 amide bonds. The molecular formula is C22H26N4O2. The van der Waals surface area contributed by atoms with E-state index in [1.54, 1.807) is 0 Å². The average Bonchev–Trinajstić information content (AvgIpc) is 3.02. The van der Waals surface area contributed by atoms with Gasteiger partial charge in [-0.3, -0.25) is 9.59 Å². The van der Waals surface area contributed by atoms with Gasteiger partial charge in [-0.05, 0) is 43.2 Å². The van der Waals surface area contributed by atoms with E-state index in [4.69, 9.17) is 4.98 Å². The van der Waals surface area contributed by atoms with Gasteiger partial charge in [0, 0.05) is 25.1 Å². The van der Waals surface area contributed by atoms with Crippen LogP contribution >= 0.6 is 0 Å². The Morgan fingerprint density at radius 2 is 1.89 bits per heavy atom. The highest BCUT2D eigenvalue weighted by Gasteiger charge is 2.14. The van der Waals surface area contributed by atoms with Crippen molar-refractivity contribution in [2.24, 2.45) is 0 Å². The van der Waals surface area contributed by atoms with Gasteiger partial charge >= 0.3 is 0 Å². The predicted molar refractivity (Wildman–Crippen MR) is 111 cm³/mol. The molecule has 0 spiro atoms. The summed E-state index contributed by atoms with van der Waals surface area (Å²) in [5.41, 5.74) is 3.70. The Labute approximate surface area is 165 Å². The highest BCUT2D eigenvalue weighted by Crippen LogP contribution is 2.18. The van der Waals surface area contributed by atoms with Gasteiger partial charge in [-0.25, -0.2) is 4.98 Å². The van der Waals surface area contributed by atoms with Gasteiger partial charge in [-0.2, -0.15) is 0 Å². The molecule has 6 heteroatoms. The van der Waals surface area contributed by atoms with Crippen LogP contribution in [0.3, 0.4) is 0 Å². The Bertz CT molecular complexity index is 978. The number of nitrogens with one attached hydrogen (secondary N) is 2. The Balaban J connectivity index is 1.73. The Morgan fingerprint density at radius 3 is 2.68 bits per heavy atom. The minimum Gasteiger partial charge on any atom is -0.356 e. The molecule has 0 saturated carbocycles. The summed E-state index contributed by atoms with van der Waals surface area (Å²) < 4.78 is 1.96. The zero-order chi connectivity index (χ0) is 19.9. The van der Waals surface area contributed by atoms with E-state index < -0.39 is 0 Å². The van der Waals surface area contributed by atoms with E-state index in [1.165, 1.54) is 0 Å². The van der Waals surface area contributed by atoms with Crippen LogP contribution in [-0.2, 0) is 22.6 Å². The zero-order valence-electron chi connectivity index (χ0n) is 16.4. The van der Waals surface area contributed by atoms with Gasteiger partial charge in [0.2, 0.25) is 11.8 Å². The summed E-state index contributed by atoms with van der Waals surface area (Å²) in [5, 5.41) is 5.84. The molecule has 6 nitrogen and oxygen atoms in total. The second-order valence-corrected chi connectivity index (χ2v) is 6.83. The van der Waals surface area contributed by atoms with E-state index >= 15 is 0 Å². The first-order valence-electron chi connectivity index (χ1n) is 9.64. The van der Waals surface area contributed by atoms with E-state index in [-0.39, 0.29) is 18.4 Å². The fourth-order valence-corrected chi connectivity index (χ4v) is 3.16. The second kappa shape index (κ2) is 9.17. The van der Waals surface area contributed by atoms with Crippen LogP contribution in [0.2, 0.25) is 0 Å². The van der Waals surface area contributed by atoms with Gasteiger partial charge in [0.1, 0.15) is 12.4 Å². The molecule has 0 aliphatic heterocycles. The Morgan fingerprint density at radius 1 is 1.07 bits per heavy atom. The van der Waals surface area contributed by atoms with E-state index in [9.17, 15) is 9.59 Å². The second-order valence-electron chi connectivity index (χ2n) is 6.83. The lowest BCUT2D eigenvalue weighted by Gasteiger charge is -2.11. The third-order valence-electron chi connectivity index (χ3n) is 4.56. The first-order chi connectivity index (χ1) is 13.6. The van der Waals surface area contributed by atoms with Crippen LogP contribution in [0.25, 0.3) is 11.0 Å². The summed E-state index contributed by atoms with van der Waals surface area (Å²) in [4.78, 5) is 28.7. The van der Waals surface area contributed by atoms with Crippen LogP contribution in [-0.4, -0.2) is 27.9 Å². The van der Waals surface area contributed by atoms with Gasteiger partial charge in [0.25, 0.3) is 0 Å². The van der Waals surface area contributed by atoms with E-state index in [1.807, 2.05) is 66.9 Å². The monoisotopic (exact) mass is 378 g/mol. The molecule has 0 bridgehead atoms. The molecule has 0 radical (unpaired) electrons. The largest absolute Gasteiger partial charge is 0.356 e. The zero-order valence-corrected chi connectivity index (χ0v) is 16.4. The number of para-hydroxylation sites is 2. The van der Waals surface area contributed by atoms with Crippen LogP contribution < -0.4 is 10.6 Å². The maximum atomic E-state index is 12.6. The molecular weight excluding hydrogens is 352 g/mol. The molecule has 0 fully saturated rings. The van der Waals surface area contributed by atoms with Gasteiger partial charge in [0.15, 0.2) is 0 Å². The fraction of sp³-hybridized carbons (Fsp3) is 0.318. The molecule has 1 aromatic heterocycles. The molecule has 0 saturated heterocycles. The number of benzene rings is 2. The van der Waals surface area contributed by atoms with Crippen LogP contribution in [0, 0.1) is 6.92 Å². The number of hydrogen-bond donors (Lipinski definition) is 2. The summed E-state index contributed by atoms with van der Waals surface area (Å²) in [5.74, 6) is 0.812. The molecule has 146 valence electrons. The third-order valence-corrected chi connectivity index (χ3v) is 4.56. The van der Waals surface area contributed by atoms with Crippen molar-refractivity contribution in [3.63, 3.8) is 0 Å². The molecule has 2 N–H and O–H groups in total. The van der Waals surface area contributed by atoms with Crippen molar-refractivity contribution in [3.8, 4) is 0 Å². The summed E-state index contributed by atoms with van der Waals surface area (Å²) in [6, 6.07) is 15.6. The number of fused-ring (bicyclic) bond motifs is 1. The van der Waals surface area contributed by atoms with E-state index in [0.29, 0.717) is 19.4 Å². The van der Waals surface area contributed by atoms with Crippen LogP contribution in [0.4, 0.5) is 5.69 Å². The van der Waals surface area contributed by atoms with Crippen molar-refractivity contribution < 1.29 is 9.59 Å². The normalized spacial score (nSPS) is 10.8. The van der Waals surface area contributed by atoms with Crippen LogP contribution in [0.15, 0.2) is 48.5 Å². The van der Waals surface area contributed by atoms with E-state index in [2.05, 4.69) is 10.6 Å². The standard InChI is InChI=1S/C22H26N4O2/c1-3-21(27)23-13-7-12-20-25-18-10-4-5-11-19(18)26(20)15-22(28)24-17-9-6-8-16(2)14-17/h4-6,8-11,14H,3,7,12-13,15H2,1-2H3,(H,23,27)(H,24,28).